The largest absolute Gasteiger partial charge is 0.465 e. The number of fused-ring (bicyclic) bond motifs is 2. The van der Waals surface area contributed by atoms with Gasteiger partial charge < -0.3 is 19.8 Å². The summed E-state index contributed by atoms with van der Waals surface area (Å²) in [4.78, 5) is 14.2. The molecule has 3 rings (SSSR count). The minimum atomic E-state index is -0.872. The molecule has 128 valence electrons. The van der Waals surface area contributed by atoms with Crippen molar-refractivity contribution in [2.45, 2.75) is 51.4 Å². The fourth-order valence-electron chi connectivity index (χ4n) is 3.69. The van der Waals surface area contributed by atoms with Crippen LogP contribution in [0.25, 0.3) is 0 Å². The lowest BCUT2D eigenvalue weighted by molar-refractivity contribution is -0.145. The van der Waals surface area contributed by atoms with Gasteiger partial charge in [0.05, 0.1) is 10.4 Å². The monoisotopic (exact) mass is 403 g/mol. The van der Waals surface area contributed by atoms with Gasteiger partial charge in [-0.05, 0) is 33.8 Å². The molecule has 2 N–H and O–H groups in total. The summed E-state index contributed by atoms with van der Waals surface area (Å²) in [6, 6.07) is 1.84. The number of nitrogens with zero attached hydrogens (tertiary/aromatic N) is 1. The zero-order chi connectivity index (χ0) is 17.0. The summed E-state index contributed by atoms with van der Waals surface area (Å²) in [6.45, 7) is 6.91. The van der Waals surface area contributed by atoms with Crippen molar-refractivity contribution in [2.75, 3.05) is 13.2 Å². The first-order chi connectivity index (χ1) is 10.6. The number of ether oxygens (including phenoxy) is 1. The van der Waals surface area contributed by atoms with E-state index in [1.54, 1.807) is 16.2 Å². The van der Waals surface area contributed by atoms with Gasteiger partial charge in [0, 0.05) is 29.4 Å². The molecule has 1 saturated heterocycles. The van der Waals surface area contributed by atoms with Crippen molar-refractivity contribution >= 4 is 33.4 Å². The van der Waals surface area contributed by atoms with Crippen molar-refractivity contribution in [1.82, 2.24) is 4.90 Å². The van der Waals surface area contributed by atoms with Crippen LogP contribution in [0.5, 0.6) is 0 Å². The Morgan fingerprint density at radius 1 is 1.52 bits per heavy atom. The molecule has 3 atom stereocenters. The number of halogens is 1. The normalized spacial score (nSPS) is 31.3. The Kier molecular flexibility index (Phi) is 4.28. The van der Waals surface area contributed by atoms with Crippen LogP contribution in [-0.4, -0.2) is 40.4 Å². The Balaban J connectivity index is 2.01. The van der Waals surface area contributed by atoms with Gasteiger partial charge in [0.1, 0.15) is 11.7 Å². The van der Waals surface area contributed by atoms with E-state index in [0.29, 0.717) is 19.4 Å². The molecule has 3 heterocycles. The van der Waals surface area contributed by atoms with Gasteiger partial charge in [0.15, 0.2) is 0 Å². The molecule has 2 aliphatic heterocycles. The van der Waals surface area contributed by atoms with Gasteiger partial charge in [-0.3, -0.25) is 0 Å². The van der Waals surface area contributed by atoms with E-state index in [0.717, 1.165) is 14.2 Å². The number of hydrogen-bond donors (Lipinski definition) is 2. The number of carbonyl (C=O) groups is 1. The van der Waals surface area contributed by atoms with Crippen LogP contribution < -0.4 is 0 Å². The van der Waals surface area contributed by atoms with E-state index in [2.05, 4.69) is 36.7 Å². The van der Waals surface area contributed by atoms with Crippen LogP contribution >= 0.6 is 27.3 Å². The summed E-state index contributed by atoms with van der Waals surface area (Å²) >= 11 is 5.09. The minimum Gasteiger partial charge on any atom is -0.465 e. The highest BCUT2D eigenvalue weighted by molar-refractivity contribution is 9.11. The Morgan fingerprint density at radius 2 is 2.22 bits per heavy atom. The number of amides is 1. The van der Waals surface area contributed by atoms with Crippen LogP contribution in [0.1, 0.15) is 50.2 Å². The molecule has 7 heteroatoms. The van der Waals surface area contributed by atoms with Crippen LogP contribution in [-0.2, 0) is 10.3 Å². The third-order valence-corrected chi connectivity index (χ3v) is 6.76. The van der Waals surface area contributed by atoms with E-state index >= 15 is 0 Å². The zero-order valence-electron chi connectivity index (χ0n) is 13.5. The van der Waals surface area contributed by atoms with Gasteiger partial charge in [0.2, 0.25) is 0 Å². The van der Waals surface area contributed by atoms with E-state index in [4.69, 9.17) is 4.74 Å². The molecule has 0 aliphatic carbocycles. The molecule has 3 unspecified atom stereocenters. The summed E-state index contributed by atoms with van der Waals surface area (Å²) in [6.07, 6.45) is -0.236. The van der Waals surface area contributed by atoms with Crippen molar-refractivity contribution in [3.63, 3.8) is 0 Å². The van der Waals surface area contributed by atoms with Gasteiger partial charge in [-0.2, -0.15) is 0 Å². The number of likely N-dealkylation sites (tertiary alicyclic amines) is 1. The predicted molar refractivity (Wildman–Crippen MR) is 91.8 cm³/mol. The maximum Gasteiger partial charge on any atom is 0.407 e. The third-order valence-electron chi connectivity index (χ3n) is 4.92. The van der Waals surface area contributed by atoms with Crippen molar-refractivity contribution < 1.29 is 19.7 Å². The maximum atomic E-state index is 11.6. The molecule has 1 spiro atoms. The molecular formula is C16H22BrNO4S. The highest BCUT2D eigenvalue weighted by atomic mass is 79.9. The number of carboxylic acid groups (broad SMARTS) is 1. The molecule has 5 nitrogen and oxygen atoms in total. The van der Waals surface area contributed by atoms with Gasteiger partial charge >= 0.3 is 6.09 Å². The molecule has 1 aromatic heterocycles. The van der Waals surface area contributed by atoms with E-state index in [1.807, 2.05) is 6.07 Å². The quantitative estimate of drug-likeness (QED) is 0.687. The maximum absolute atomic E-state index is 11.6. The van der Waals surface area contributed by atoms with Crippen LogP contribution in [0.15, 0.2) is 9.85 Å². The lowest BCUT2D eigenvalue weighted by Gasteiger charge is -2.51. The van der Waals surface area contributed by atoms with Gasteiger partial charge in [-0.15, -0.1) is 11.3 Å². The second-order valence-electron chi connectivity index (χ2n) is 7.47. The topological polar surface area (TPSA) is 70.0 Å². The Bertz CT molecular complexity index is 626. The average Bonchev–Trinajstić information content (AvgIpc) is 2.85. The first kappa shape index (κ1) is 17.2. The first-order valence-electron chi connectivity index (χ1n) is 7.75. The molecule has 2 aliphatic rings. The van der Waals surface area contributed by atoms with Crippen molar-refractivity contribution in [3.8, 4) is 0 Å². The van der Waals surface area contributed by atoms with Crippen LogP contribution in [0.4, 0.5) is 4.79 Å². The second kappa shape index (κ2) is 5.72. The smallest absolute Gasteiger partial charge is 0.407 e. The fourth-order valence-corrected chi connectivity index (χ4v) is 5.55. The summed E-state index contributed by atoms with van der Waals surface area (Å²) in [5, 5.41) is 19.8. The molecular weight excluding hydrogens is 382 g/mol. The Morgan fingerprint density at radius 3 is 2.83 bits per heavy atom. The van der Waals surface area contributed by atoms with E-state index in [1.165, 1.54) is 0 Å². The highest BCUT2D eigenvalue weighted by Crippen LogP contribution is 2.52. The summed E-state index contributed by atoms with van der Waals surface area (Å²) in [7, 11) is 0. The molecule has 0 saturated carbocycles. The molecule has 0 radical (unpaired) electrons. The third kappa shape index (κ3) is 2.92. The SMILES string of the molecule is CC(C)(C)C1CC2(CCN1C(=O)O)OCC(O)c1cc(Br)sc12. The number of thiophene rings is 1. The minimum absolute atomic E-state index is 0.127. The van der Waals surface area contributed by atoms with Crippen LogP contribution in [0, 0.1) is 5.41 Å². The number of piperidine rings is 1. The van der Waals surface area contributed by atoms with Gasteiger partial charge in [-0.25, -0.2) is 4.79 Å². The zero-order valence-corrected chi connectivity index (χ0v) is 15.9. The lowest BCUT2D eigenvalue weighted by atomic mass is 9.73. The van der Waals surface area contributed by atoms with Crippen molar-refractivity contribution in [3.05, 3.63) is 20.3 Å². The Labute approximate surface area is 148 Å². The standard InChI is InChI=1S/C16H22BrNO4S/c1-15(2,3)11-7-16(4-5-18(11)14(20)21)13-9(6-12(17)23-13)10(19)8-22-16/h6,10-11,19H,4-5,7-8H2,1-3H3,(H,20,21). The fraction of sp³-hybridized carbons (Fsp3) is 0.688. The number of rotatable bonds is 0. The summed E-state index contributed by atoms with van der Waals surface area (Å²) in [5.74, 6) is 0. The van der Waals surface area contributed by atoms with E-state index in [-0.39, 0.29) is 18.1 Å². The first-order valence-corrected chi connectivity index (χ1v) is 9.36. The number of aliphatic hydroxyl groups is 1. The van der Waals surface area contributed by atoms with Crippen LogP contribution in [0.3, 0.4) is 0 Å². The van der Waals surface area contributed by atoms with Gasteiger partial charge in [-0.1, -0.05) is 20.8 Å². The Hall–Kier alpha value is -0.630. The van der Waals surface area contributed by atoms with Crippen molar-refractivity contribution in [2.24, 2.45) is 5.41 Å². The van der Waals surface area contributed by atoms with Crippen molar-refractivity contribution in [1.29, 1.82) is 0 Å². The van der Waals surface area contributed by atoms with Crippen LogP contribution in [0.2, 0.25) is 0 Å². The van der Waals surface area contributed by atoms with E-state index in [9.17, 15) is 15.0 Å². The lowest BCUT2D eigenvalue weighted by Crippen LogP contribution is -2.57. The van der Waals surface area contributed by atoms with E-state index < -0.39 is 17.8 Å². The predicted octanol–water partition coefficient (Wildman–Crippen LogP) is 3.96. The number of hydrogen-bond acceptors (Lipinski definition) is 4. The summed E-state index contributed by atoms with van der Waals surface area (Å²) in [5.41, 5.74) is 0.249. The molecule has 23 heavy (non-hydrogen) atoms. The molecule has 1 aromatic rings. The summed E-state index contributed by atoms with van der Waals surface area (Å²) < 4.78 is 7.10. The average molecular weight is 404 g/mol. The second-order valence-corrected chi connectivity index (χ2v) is 9.90. The molecule has 0 bridgehead atoms. The van der Waals surface area contributed by atoms with Gasteiger partial charge in [0.25, 0.3) is 0 Å². The molecule has 0 aromatic carbocycles. The number of aliphatic hydroxyl groups excluding tert-OH is 1. The highest BCUT2D eigenvalue weighted by Gasteiger charge is 2.51. The molecule has 1 amide bonds. The molecule has 1 fully saturated rings.